The van der Waals surface area contributed by atoms with Gasteiger partial charge >= 0.3 is 0 Å². The second kappa shape index (κ2) is 5.83. The molecule has 0 radical (unpaired) electrons. The number of carbonyl (C=O) groups excluding carboxylic acids is 1. The molecule has 0 spiro atoms. The van der Waals surface area contributed by atoms with Gasteiger partial charge in [-0.25, -0.2) is 4.39 Å². The number of fused-ring (bicyclic) bond motifs is 1. The van der Waals surface area contributed by atoms with Gasteiger partial charge in [0.05, 0.1) is 5.56 Å². The van der Waals surface area contributed by atoms with Crippen LogP contribution >= 0.6 is 0 Å². The van der Waals surface area contributed by atoms with Crippen molar-refractivity contribution in [3.63, 3.8) is 0 Å². The van der Waals surface area contributed by atoms with E-state index < -0.39 is 0 Å². The van der Waals surface area contributed by atoms with Gasteiger partial charge in [-0.3, -0.25) is 4.79 Å². The Hall–Kier alpha value is -2.56. The van der Waals surface area contributed by atoms with E-state index in [0.29, 0.717) is 30.0 Å². The Morgan fingerprint density at radius 2 is 1.95 bits per heavy atom. The average Bonchev–Trinajstić information content (AvgIpc) is 2.97. The van der Waals surface area contributed by atoms with Gasteiger partial charge in [-0.1, -0.05) is 18.2 Å². The third-order valence-electron chi connectivity index (χ3n) is 3.25. The number of hydrogen-bond acceptors (Lipinski definition) is 3. The zero-order valence-electron chi connectivity index (χ0n) is 11.3. The minimum Gasteiger partial charge on any atom is -0.454 e. The molecule has 0 fully saturated rings. The van der Waals surface area contributed by atoms with Gasteiger partial charge < -0.3 is 14.8 Å². The van der Waals surface area contributed by atoms with Crippen molar-refractivity contribution in [2.45, 2.75) is 6.42 Å². The molecule has 1 amide bonds. The fraction of sp³-hybridized carbons (Fsp3) is 0.188. The number of nitrogens with one attached hydrogen (secondary N) is 1. The number of carbonyl (C=O) groups is 1. The number of halogens is 1. The zero-order valence-corrected chi connectivity index (χ0v) is 11.3. The van der Waals surface area contributed by atoms with E-state index in [2.05, 4.69) is 5.32 Å². The molecule has 2 aromatic carbocycles. The van der Waals surface area contributed by atoms with Crippen molar-refractivity contribution in [2.24, 2.45) is 0 Å². The molecule has 5 heteroatoms. The third-order valence-corrected chi connectivity index (χ3v) is 3.25. The minimum atomic E-state index is -0.264. The maximum atomic E-state index is 12.8. The lowest BCUT2D eigenvalue weighted by Gasteiger charge is -2.07. The van der Waals surface area contributed by atoms with E-state index in [1.54, 1.807) is 30.3 Å². The number of ether oxygens (including phenoxy) is 2. The zero-order chi connectivity index (χ0) is 14.7. The molecule has 0 aromatic heterocycles. The molecular weight excluding hydrogens is 273 g/mol. The standard InChI is InChI=1S/C16H14FNO3/c17-12-6-4-11(5-7-12)8-9-18-16(19)13-2-1-3-14-15(13)21-10-20-14/h1-7H,8-10H2,(H,18,19). The second-order valence-corrected chi connectivity index (χ2v) is 4.67. The van der Waals surface area contributed by atoms with E-state index in [1.807, 2.05) is 0 Å². The van der Waals surface area contributed by atoms with Crippen LogP contribution in [0.4, 0.5) is 4.39 Å². The van der Waals surface area contributed by atoms with Crippen LogP contribution in [0.5, 0.6) is 11.5 Å². The van der Waals surface area contributed by atoms with E-state index in [-0.39, 0.29) is 18.5 Å². The van der Waals surface area contributed by atoms with E-state index in [0.717, 1.165) is 5.56 Å². The first-order valence-electron chi connectivity index (χ1n) is 6.65. The topological polar surface area (TPSA) is 47.6 Å². The van der Waals surface area contributed by atoms with Crippen LogP contribution in [0.25, 0.3) is 0 Å². The lowest BCUT2D eigenvalue weighted by atomic mass is 10.1. The number of para-hydroxylation sites is 1. The van der Waals surface area contributed by atoms with Crippen LogP contribution < -0.4 is 14.8 Å². The summed E-state index contributed by atoms with van der Waals surface area (Å²) in [5.41, 5.74) is 1.43. The number of benzene rings is 2. The summed E-state index contributed by atoms with van der Waals surface area (Å²) < 4.78 is 23.3. The molecule has 1 N–H and O–H groups in total. The molecule has 1 heterocycles. The maximum Gasteiger partial charge on any atom is 0.255 e. The van der Waals surface area contributed by atoms with Gasteiger partial charge in [0.2, 0.25) is 6.79 Å². The fourth-order valence-electron chi connectivity index (χ4n) is 2.18. The first kappa shape index (κ1) is 13.4. The number of hydrogen-bond donors (Lipinski definition) is 1. The van der Waals surface area contributed by atoms with Crippen molar-refractivity contribution in [3.8, 4) is 11.5 Å². The van der Waals surface area contributed by atoms with Gasteiger partial charge in [-0.15, -0.1) is 0 Å². The molecule has 1 aliphatic rings. The Labute approximate surface area is 121 Å². The molecule has 1 aliphatic heterocycles. The first-order chi connectivity index (χ1) is 10.2. The molecule has 2 aromatic rings. The summed E-state index contributed by atoms with van der Waals surface area (Å²) in [7, 11) is 0. The van der Waals surface area contributed by atoms with E-state index >= 15 is 0 Å². The highest BCUT2D eigenvalue weighted by molar-refractivity contribution is 5.97. The molecule has 4 nitrogen and oxygen atoms in total. The molecule has 0 aliphatic carbocycles. The van der Waals surface area contributed by atoms with E-state index in [4.69, 9.17) is 9.47 Å². The first-order valence-corrected chi connectivity index (χ1v) is 6.65. The van der Waals surface area contributed by atoms with Crippen LogP contribution in [0, 0.1) is 5.82 Å². The summed E-state index contributed by atoms with van der Waals surface area (Å²) in [6.45, 7) is 0.601. The molecule has 0 unspecified atom stereocenters. The Kier molecular flexibility index (Phi) is 3.73. The van der Waals surface area contributed by atoms with Crippen LogP contribution in [-0.2, 0) is 6.42 Å². The smallest absolute Gasteiger partial charge is 0.255 e. The average molecular weight is 287 g/mol. The Morgan fingerprint density at radius 3 is 2.76 bits per heavy atom. The normalized spacial score (nSPS) is 12.2. The van der Waals surface area contributed by atoms with Crippen LogP contribution in [0.2, 0.25) is 0 Å². The quantitative estimate of drug-likeness (QED) is 0.940. The molecule has 3 rings (SSSR count). The Morgan fingerprint density at radius 1 is 1.14 bits per heavy atom. The largest absolute Gasteiger partial charge is 0.454 e. The highest BCUT2D eigenvalue weighted by Crippen LogP contribution is 2.35. The summed E-state index contributed by atoms with van der Waals surface area (Å²) in [5, 5.41) is 2.82. The fourth-order valence-corrected chi connectivity index (χ4v) is 2.18. The van der Waals surface area contributed by atoms with Crippen LogP contribution in [0.1, 0.15) is 15.9 Å². The highest BCUT2D eigenvalue weighted by atomic mass is 19.1. The predicted octanol–water partition coefficient (Wildman–Crippen LogP) is 2.53. The van der Waals surface area contributed by atoms with Crippen molar-refractivity contribution in [2.75, 3.05) is 13.3 Å². The van der Waals surface area contributed by atoms with Crippen molar-refractivity contribution in [1.82, 2.24) is 5.32 Å². The second-order valence-electron chi connectivity index (χ2n) is 4.67. The van der Waals surface area contributed by atoms with Gasteiger partial charge in [-0.2, -0.15) is 0 Å². The molecule has 0 atom stereocenters. The Balaban J connectivity index is 1.60. The van der Waals surface area contributed by atoms with Crippen LogP contribution in [0.3, 0.4) is 0 Å². The van der Waals surface area contributed by atoms with Gasteiger partial charge in [0, 0.05) is 6.54 Å². The number of rotatable bonds is 4. The molecule has 0 saturated heterocycles. The molecule has 0 saturated carbocycles. The summed E-state index contributed by atoms with van der Waals surface area (Å²) >= 11 is 0. The van der Waals surface area contributed by atoms with Crippen LogP contribution in [0.15, 0.2) is 42.5 Å². The van der Waals surface area contributed by atoms with Crippen molar-refractivity contribution in [3.05, 3.63) is 59.4 Å². The highest BCUT2D eigenvalue weighted by Gasteiger charge is 2.21. The summed E-state index contributed by atoms with van der Waals surface area (Å²) in [5.74, 6) is 0.595. The molecule has 0 bridgehead atoms. The summed E-state index contributed by atoms with van der Waals surface area (Å²) in [6, 6.07) is 11.4. The lowest BCUT2D eigenvalue weighted by molar-refractivity contribution is 0.0949. The molecule has 21 heavy (non-hydrogen) atoms. The number of amides is 1. The lowest BCUT2D eigenvalue weighted by Crippen LogP contribution is -2.26. The molecule has 108 valence electrons. The van der Waals surface area contributed by atoms with Crippen molar-refractivity contribution in [1.29, 1.82) is 0 Å². The van der Waals surface area contributed by atoms with Gasteiger partial charge in [-0.05, 0) is 36.2 Å². The van der Waals surface area contributed by atoms with Gasteiger partial charge in [0.25, 0.3) is 5.91 Å². The SMILES string of the molecule is O=C(NCCc1ccc(F)cc1)c1cccc2c1OCO2. The third kappa shape index (κ3) is 2.97. The predicted molar refractivity (Wildman–Crippen MR) is 75.0 cm³/mol. The minimum absolute atomic E-state index is 0.134. The van der Waals surface area contributed by atoms with E-state index in [9.17, 15) is 9.18 Å². The van der Waals surface area contributed by atoms with Crippen LogP contribution in [-0.4, -0.2) is 19.2 Å². The maximum absolute atomic E-state index is 12.8. The van der Waals surface area contributed by atoms with E-state index in [1.165, 1.54) is 12.1 Å². The summed E-state index contributed by atoms with van der Waals surface area (Å²) in [4.78, 5) is 12.1. The summed E-state index contributed by atoms with van der Waals surface area (Å²) in [6.07, 6.45) is 0.637. The van der Waals surface area contributed by atoms with Gasteiger partial charge in [0.1, 0.15) is 5.82 Å². The Bertz CT molecular complexity index is 655. The van der Waals surface area contributed by atoms with Crippen molar-refractivity contribution >= 4 is 5.91 Å². The monoisotopic (exact) mass is 287 g/mol. The van der Waals surface area contributed by atoms with Crippen molar-refractivity contribution < 1.29 is 18.7 Å². The van der Waals surface area contributed by atoms with Gasteiger partial charge in [0.15, 0.2) is 11.5 Å². The molecular formula is C16H14FNO3.